The van der Waals surface area contributed by atoms with Crippen molar-refractivity contribution in [2.24, 2.45) is 5.92 Å². The van der Waals surface area contributed by atoms with Crippen LogP contribution < -0.4 is 10.1 Å². The summed E-state index contributed by atoms with van der Waals surface area (Å²) in [7, 11) is 0. The Morgan fingerprint density at radius 2 is 1.44 bits per heavy atom. The van der Waals surface area contributed by atoms with E-state index in [2.05, 4.69) is 24.1 Å². The average Bonchev–Trinajstić information content (AvgIpc) is 3.12. The topological polar surface area (TPSA) is 175 Å². The zero-order valence-corrected chi connectivity index (χ0v) is 35.7. The molecular formula is C45H69NO11. The summed E-state index contributed by atoms with van der Waals surface area (Å²) in [4.78, 5) is 65.9. The van der Waals surface area contributed by atoms with Gasteiger partial charge in [0, 0.05) is 32.3 Å². The van der Waals surface area contributed by atoms with Crippen LogP contribution in [0.15, 0.2) is 36.4 Å². The van der Waals surface area contributed by atoms with Crippen LogP contribution in [0.1, 0.15) is 144 Å². The van der Waals surface area contributed by atoms with E-state index in [0.717, 1.165) is 38.5 Å². The summed E-state index contributed by atoms with van der Waals surface area (Å²) in [6, 6.07) is 5.38. The van der Waals surface area contributed by atoms with Gasteiger partial charge < -0.3 is 34.5 Å². The molecule has 320 valence electrons. The van der Waals surface area contributed by atoms with Gasteiger partial charge in [0.15, 0.2) is 12.2 Å². The number of rotatable bonds is 27. The minimum atomic E-state index is -2.51. The number of unbranched alkanes of at least 4 members (excludes halogenated alkanes) is 8. The molecule has 0 aliphatic carbocycles. The maximum Gasteiger partial charge on any atom is 0.344 e. The summed E-state index contributed by atoms with van der Waals surface area (Å²) in [6.07, 6.45) is 12.9. The van der Waals surface area contributed by atoms with Gasteiger partial charge in [-0.3, -0.25) is 9.59 Å². The summed E-state index contributed by atoms with van der Waals surface area (Å²) in [6.45, 7) is 12.5. The number of hydrogen-bond acceptors (Lipinski definition) is 11. The average molecular weight is 800 g/mol. The fourth-order valence-electron chi connectivity index (χ4n) is 5.81. The normalized spacial score (nSPS) is 13.7. The molecule has 57 heavy (non-hydrogen) atoms. The lowest BCUT2D eigenvalue weighted by Gasteiger charge is -2.34. The van der Waals surface area contributed by atoms with Crippen molar-refractivity contribution in [1.82, 2.24) is 5.32 Å². The molecule has 12 nitrogen and oxygen atoms in total. The Bertz CT molecular complexity index is 1480. The predicted molar refractivity (Wildman–Crippen MR) is 219 cm³/mol. The molecule has 1 aromatic carbocycles. The van der Waals surface area contributed by atoms with E-state index >= 15 is 0 Å². The third kappa shape index (κ3) is 22.4. The number of amides is 1. The SMILES string of the molecule is CC#CCOc1ccc(C[C@H](NC(=O)[C@@H](/C=C/CCCCCCC(=O)CCCCCCC)[C@@](O)(CCO)C(=O)OC(C)(C)C)C(=O)OCC(=O)OC(C)(C)C)cc1. The summed E-state index contributed by atoms with van der Waals surface area (Å²) < 4.78 is 21.6. The Morgan fingerprint density at radius 1 is 0.842 bits per heavy atom. The third-order valence-electron chi connectivity index (χ3n) is 8.71. The minimum Gasteiger partial charge on any atom is -0.481 e. The van der Waals surface area contributed by atoms with Crippen LogP contribution in [-0.2, 0) is 44.6 Å². The van der Waals surface area contributed by atoms with Gasteiger partial charge in [0.2, 0.25) is 5.91 Å². The van der Waals surface area contributed by atoms with Gasteiger partial charge in [0.1, 0.15) is 35.4 Å². The molecule has 0 saturated carbocycles. The molecule has 0 aromatic heterocycles. The molecule has 3 N–H and O–H groups in total. The molecule has 0 heterocycles. The number of ketones is 1. The van der Waals surface area contributed by atoms with Gasteiger partial charge in [-0.05, 0) is 91.8 Å². The lowest BCUT2D eigenvalue weighted by atomic mass is 9.82. The summed E-state index contributed by atoms with van der Waals surface area (Å²) in [5.41, 5.74) is -3.77. The maximum absolute atomic E-state index is 14.2. The van der Waals surface area contributed by atoms with Crippen molar-refractivity contribution in [2.45, 2.75) is 168 Å². The van der Waals surface area contributed by atoms with Crippen molar-refractivity contribution in [3.63, 3.8) is 0 Å². The largest absolute Gasteiger partial charge is 0.481 e. The second kappa shape index (κ2) is 26.7. The molecule has 0 bridgehead atoms. The Hall–Kier alpha value is -4.21. The number of ether oxygens (including phenoxy) is 4. The van der Waals surface area contributed by atoms with Gasteiger partial charge in [0.25, 0.3) is 0 Å². The van der Waals surface area contributed by atoms with E-state index in [1.165, 1.54) is 25.3 Å². The number of nitrogens with one attached hydrogen (secondary N) is 1. The van der Waals surface area contributed by atoms with Crippen LogP contribution in [0.25, 0.3) is 0 Å². The number of carbonyl (C=O) groups is 5. The summed E-state index contributed by atoms with van der Waals surface area (Å²) in [5.74, 6) is 1.03. The van der Waals surface area contributed by atoms with E-state index in [4.69, 9.17) is 18.9 Å². The highest BCUT2D eigenvalue weighted by molar-refractivity contribution is 5.93. The number of Topliss-reactive ketones (excluding diaryl/α,β-unsaturated/α-hetero) is 1. The molecule has 0 radical (unpaired) electrons. The van der Waals surface area contributed by atoms with Crippen molar-refractivity contribution >= 4 is 29.6 Å². The van der Waals surface area contributed by atoms with E-state index in [9.17, 15) is 34.2 Å². The number of aliphatic hydroxyl groups is 2. The Morgan fingerprint density at radius 3 is 2.00 bits per heavy atom. The third-order valence-corrected chi connectivity index (χ3v) is 8.71. The fraction of sp³-hybridized carbons (Fsp3) is 0.667. The number of allylic oxidation sites excluding steroid dienone is 1. The van der Waals surface area contributed by atoms with Crippen molar-refractivity contribution in [1.29, 1.82) is 0 Å². The first kappa shape index (κ1) is 50.8. The smallest absolute Gasteiger partial charge is 0.344 e. The first-order valence-electron chi connectivity index (χ1n) is 20.4. The van der Waals surface area contributed by atoms with E-state index < -0.39 is 72.2 Å². The van der Waals surface area contributed by atoms with E-state index in [1.54, 1.807) is 78.8 Å². The van der Waals surface area contributed by atoms with Crippen LogP contribution in [-0.4, -0.2) is 82.5 Å². The molecule has 12 heteroatoms. The molecule has 1 amide bonds. The standard InChI is InChI=1S/C45H69NO11/c1-9-11-13-16-19-22-35(48)23-20-17-14-15-18-21-24-37(45(53,29-30-47)42(52)57-44(6,7)8)40(50)46-38(41(51)55-33-39(49)56-43(3,4)5)32-34-25-27-36(28-26-34)54-31-12-10-2/h21,24-28,37-38,47,53H,9,11,13-20,22-23,29-33H2,1-8H3,(H,46,50)/b24-21+/t37-,38+,45+/m1/s1. The molecular weight excluding hydrogens is 730 g/mol. The van der Waals surface area contributed by atoms with Gasteiger partial charge >= 0.3 is 17.9 Å². The maximum atomic E-state index is 14.2. The van der Waals surface area contributed by atoms with Crippen LogP contribution in [0.5, 0.6) is 5.75 Å². The molecule has 0 unspecified atom stereocenters. The Kier molecular flexibility index (Phi) is 23.8. The summed E-state index contributed by atoms with van der Waals surface area (Å²) >= 11 is 0. The highest BCUT2D eigenvalue weighted by atomic mass is 16.6. The summed E-state index contributed by atoms with van der Waals surface area (Å²) in [5, 5.41) is 24.5. The van der Waals surface area contributed by atoms with Gasteiger partial charge in [-0.25, -0.2) is 14.4 Å². The van der Waals surface area contributed by atoms with Crippen molar-refractivity contribution < 1.29 is 53.1 Å². The lowest BCUT2D eigenvalue weighted by molar-refractivity contribution is -0.185. The molecule has 1 aromatic rings. The Balaban J connectivity index is 3.25. The van der Waals surface area contributed by atoms with Crippen LogP contribution in [0.2, 0.25) is 0 Å². The molecule has 1 rings (SSSR count). The van der Waals surface area contributed by atoms with Gasteiger partial charge in [-0.2, -0.15) is 0 Å². The first-order chi connectivity index (χ1) is 26.8. The second-order valence-electron chi connectivity index (χ2n) is 16.3. The molecule has 3 atom stereocenters. The lowest BCUT2D eigenvalue weighted by Crippen LogP contribution is -2.56. The predicted octanol–water partition coefficient (Wildman–Crippen LogP) is 6.90. The van der Waals surface area contributed by atoms with Crippen molar-refractivity contribution in [2.75, 3.05) is 19.8 Å². The molecule has 0 aliphatic heterocycles. The second-order valence-corrected chi connectivity index (χ2v) is 16.3. The van der Waals surface area contributed by atoms with Gasteiger partial charge in [-0.15, -0.1) is 5.92 Å². The number of aliphatic hydroxyl groups excluding tert-OH is 1. The number of benzene rings is 1. The molecule has 0 saturated heterocycles. The van der Waals surface area contributed by atoms with E-state index in [1.807, 2.05) is 0 Å². The molecule has 0 fully saturated rings. The quantitative estimate of drug-likeness (QED) is 0.0278. The number of esters is 3. The zero-order chi connectivity index (χ0) is 42.9. The van der Waals surface area contributed by atoms with Crippen LogP contribution >= 0.6 is 0 Å². The van der Waals surface area contributed by atoms with Crippen LogP contribution in [0.4, 0.5) is 0 Å². The van der Waals surface area contributed by atoms with Crippen molar-refractivity contribution in [3.8, 4) is 17.6 Å². The first-order valence-corrected chi connectivity index (χ1v) is 20.4. The number of hydrogen-bond donors (Lipinski definition) is 3. The number of carbonyl (C=O) groups excluding carboxylic acids is 5. The van der Waals surface area contributed by atoms with Gasteiger partial charge in [0.05, 0.1) is 5.92 Å². The Labute approximate surface area is 340 Å². The zero-order valence-electron chi connectivity index (χ0n) is 35.7. The fourth-order valence-corrected chi connectivity index (χ4v) is 5.81. The van der Waals surface area contributed by atoms with E-state index in [0.29, 0.717) is 36.4 Å². The monoisotopic (exact) mass is 799 g/mol. The molecule has 0 aliphatic rings. The minimum absolute atomic E-state index is 0.0867. The van der Waals surface area contributed by atoms with Crippen LogP contribution in [0.3, 0.4) is 0 Å². The van der Waals surface area contributed by atoms with Gasteiger partial charge in [-0.1, -0.05) is 75.7 Å². The highest BCUT2D eigenvalue weighted by Crippen LogP contribution is 2.29. The molecule has 0 spiro atoms. The highest BCUT2D eigenvalue weighted by Gasteiger charge is 2.49. The van der Waals surface area contributed by atoms with E-state index in [-0.39, 0.29) is 13.0 Å². The van der Waals surface area contributed by atoms with Crippen molar-refractivity contribution in [3.05, 3.63) is 42.0 Å². The van der Waals surface area contributed by atoms with Crippen LogP contribution in [0, 0.1) is 17.8 Å².